The quantitative estimate of drug-likeness (QED) is 0.220. The zero-order chi connectivity index (χ0) is 24.1. The van der Waals surface area contributed by atoms with E-state index in [4.69, 9.17) is 4.98 Å². The van der Waals surface area contributed by atoms with Crippen molar-refractivity contribution in [3.05, 3.63) is 121 Å². The minimum Gasteiger partial charge on any atom is -0.308 e. The molecule has 0 bridgehead atoms. The molecule has 2 nitrogen and oxygen atoms in total. The molecule has 0 fully saturated rings. The van der Waals surface area contributed by atoms with Gasteiger partial charge in [-0.3, -0.25) is 4.98 Å². The van der Waals surface area contributed by atoms with E-state index in [-0.39, 0.29) is 0 Å². The molecule has 0 unspecified atom stereocenters. The Hall–Kier alpha value is -4.95. The summed E-state index contributed by atoms with van der Waals surface area (Å²) in [4.78, 5) is 7.51. The molecule has 6 aromatic carbocycles. The highest BCUT2D eigenvalue weighted by molar-refractivity contribution is 6.22. The summed E-state index contributed by atoms with van der Waals surface area (Å²) < 4.78 is 0. The molecule has 0 aliphatic carbocycles. The van der Waals surface area contributed by atoms with Crippen LogP contribution in [0.5, 0.6) is 0 Å². The van der Waals surface area contributed by atoms with E-state index in [0.717, 1.165) is 5.69 Å². The first-order chi connectivity index (χ1) is 18.4. The Labute approximate surface area is 214 Å². The van der Waals surface area contributed by atoms with Crippen LogP contribution < -0.4 is 4.90 Å². The van der Waals surface area contributed by atoms with Crippen LogP contribution in [-0.4, -0.2) is 4.98 Å². The van der Waals surface area contributed by atoms with Gasteiger partial charge in [-0.1, -0.05) is 91.0 Å². The number of rotatable bonds is 0. The largest absolute Gasteiger partial charge is 0.308 e. The number of anilines is 3. The van der Waals surface area contributed by atoms with Gasteiger partial charge in [0.1, 0.15) is 0 Å². The van der Waals surface area contributed by atoms with Crippen LogP contribution >= 0.6 is 0 Å². The predicted octanol–water partition coefficient (Wildman–Crippen LogP) is 9.64. The Morgan fingerprint density at radius 1 is 0.432 bits per heavy atom. The smallest absolute Gasteiger partial charge is 0.0822 e. The third kappa shape index (κ3) is 2.42. The van der Waals surface area contributed by atoms with Gasteiger partial charge in [-0.2, -0.15) is 0 Å². The van der Waals surface area contributed by atoms with Crippen molar-refractivity contribution in [1.82, 2.24) is 4.98 Å². The monoisotopic (exact) mass is 468 g/mol. The van der Waals surface area contributed by atoms with Gasteiger partial charge in [0, 0.05) is 28.1 Å². The summed E-state index contributed by atoms with van der Waals surface area (Å²) in [5, 5.41) is 7.43. The van der Waals surface area contributed by atoms with Gasteiger partial charge in [0.05, 0.1) is 22.8 Å². The number of fused-ring (bicyclic) bond motifs is 8. The first-order valence-electron chi connectivity index (χ1n) is 12.7. The van der Waals surface area contributed by atoms with Gasteiger partial charge in [0.2, 0.25) is 0 Å². The number of nitrogens with zero attached hydrogens (tertiary/aromatic N) is 2. The van der Waals surface area contributed by atoms with Crippen LogP contribution in [-0.2, 0) is 0 Å². The van der Waals surface area contributed by atoms with E-state index in [1.165, 1.54) is 77.2 Å². The summed E-state index contributed by atoms with van der Waals surface area (Å²) in [6, 6.07) is 42.2. The molecule has 1 aromatic heterocycles. The summed E-state index contributed by atoms with van der Waals surface area (Å²) in [5.74, 6) is 0. The summed E-state index contributed by atoms with van der Waals surface area (Å²) in [7, 11) is 0. The fourth-order valence-corrected chi connectivity index (χ4v) is 6.56. The van der Waals surface area contributed by atoms with Crippen LogP contribution in [0.3, 0.4) is 0 Å². The lowest BCUT2D eigenvalue weighted by Crippen LogP contribution is -2.18. The van der Waals surface area contributed by atoms with Gasteiger partial charge in [0.25, 0.3) is 0 Å². The maximum Gasteiger partial charge on any atom is 0.0822 e. The zero-order valence-electron chi connectivity index (χ0n) is 19.9. The van der Waals surface area contributed by atoms with Crippen molar-refractivity contribution >= 4 is 49.4 Å². The zero-order valence-corrected chi connectivity index (χ0v) is 19.9. The highest BCUT2D eigenvalue weighted by atomic mass is 15.2. The Morgan fingerprint density at radius 2 is 1.11 bits per heavy atom. The maximum atomic E-state index is 5.00. The van der Waals surface area contributed by atoms with Crippen molar-refractivity contribution < 1.29 is 0 Å². The minimum atomic E-state index is 1.06. The molecule has 0 saturated carbocycles. The molecule has 7 aromatic rings. The average Bonchev–Trinajstić information content (AvgIpc) is 2.95. The van der Waals surface area contributed by atoms with Crippen LogP contribution in [0.25, 0.3) is 65.8 Å². The van der Waals surface area contributed by atoms with E-state index in [9.17, 15) is 0 Å². The van der Waals surface area contributed by atoms with Crippen LogP contribution in [0.1, 0.15) is 0 Å². The van der Waals surface area contributed by atoms with Crippen LogP contribution in [0, 0.1) is 0 Å². The topological polar surface area (TPSA) is 16.1 Å². The molecule has 2 aliphatic heterocycles. The fraction of sp³-hybridized carbons (Fsp3) is 0. The minimum absolute atomic E-state index is 1.06. The Kier molecular flexibility index (Phi) is 3.56. The summed E-state index contributed by atoms with van der Waals surface area (Å²) >= 11 is 0. The SMILES string of the molecule is c1ccc2c(c1)-c1ccc3ccnc4c3c1N(c1cc3ccccc3cc1-4)c1cccc3cccc-2c13. The van der Waals surface area contributed by atoms with E-state index in [0.29, 0.717) is 0 Å². The van der Waals surface area contributed by atoms with Gasteiger partial charge >= 0.3 is 0 Å². The fourth-order valence-electron chi connectivity index (χ4n) is 6.56. The summed E-state index contributed by atoms with van der Waals surface area (Å²) in [6.45, 7) is 0. The highest BCUT2D eigenvalue weighted by Crippen LogP contribution is 2.58. The molecular formula is C35H20N2. The van der Waals surface area contributed by atoms with Crippen molar-refractivity contribution in [2.45, 2.75) is 0 Å². The molecule has 0 amide bonds. The molecule has 37 heavy (non-hydrogen) atoms. The summed E-state index contributed by atoms with van der Waals surface area (Å²) in [5.41, 5.74) is 10.9. The molecule has 170 valence electrons. The molecular weight excluding hydrogens is 448 g/mol. The second-order valence-corrected chi connectivity index (χ2v) is 10.00. The van der Waals surface area contributed by atoms with E-state index in [2.05, 4.69) is 120 Å². The van der Waals surface area contributed by atoms with Crippen molar-refractivity contribution in [1.29, 1.82) is 0 Å². The van der Waals surface area contributed by atoms with Gasteiger partial charge in [0.15, 0.2) is 0 Å². The van der Waals surface area contributed by atoms with Crippen LogP contribution in [0.15, 0.2) is 121 Å². The number of pyridine rings is 1. The lowest BCUT2D eigenvalue weighted by Gasteiger charge is -2.37. The third-order valence-electron chi connectivity index (χ3n) is 8.12. The van der Waals surface area contributed by atoms with E-state index < -0.39 is 0 Å². The Bertz CT molecular complexity index is 2100. The molecule has 0 radical (unpaired) electrons. The van der Waals surface area contributed by atoms with E-state index in [1.54, 1.807) is 0 Å². The predicted molar refractivity (Wildman–Crippen MR) is 155 cm³/mol. The summed E-state index contributed by atoms with van der Waals surface area (Å²) in [6.07, 6.45) is 1.95. The Morgan fingerprint density at radius 3 is 1.97 bits per heavy atom. The van der Waals surface area contributed by atoms with Crippen molar-refractivity contribution in [3.63, 3.8) is 0 Å². The third-order valence-corrected chi connectivity index (χ3v) is 8.12. The van der Waals surface area contributed by atoms with Gasteiger partial charge in [-0.15, -0.1) is 0 Å². The number of hydrogen-bond acceptors (Lipinski definition) is 2. The second kappa shape index (κ2) is 6.83. The molecule has 2 aliphatic rings. The molecule has 2 heteroatoms. The normalized spacial score (nSPS) is 12.8. The van der Waals surface area contributed by atoms with Crippen LogP contribution in [0.4, 0.5) is 17.1 Å². The van der Waals surface area contributed by atoms with E-state index >= 15 is 0 Å². The van der Waals surface area contributed by atoms with Crippen molar-refractivity contribution in [3.8, 4) is 33.5 Å². The Balaban J connectivity index is 1.58. The highest BCUT2D eigenvalue weighted by Gasteiger charge is 2.33. The maximum absolute atomic E-state index is 5.00. The lowest BCUT2D eigenvalue weighted by molar-refractivity contribution is 1.26. The molecule has 0 atom stereocenters. The van der Waals surface area contributed by atoms with Gasteiger partial charge < -0.3 is 4.90 Å². The van der Waals surface area contributed by atoms with Crippen molar-refractivity contribution in [2.24, 2.45) is 0 Å². The number of hydrogen-bond donors (Lipinski definition) is 0. The van der Waals surface area contributed by atoms with E-state index in [1.807, 2.05) is 6.20 Å². The molecule has 0 spiro atoms. The number of benzene rings is 6. The first kappa shape index (κ1) is 19.3. The standard InChI is InChI=1S/C35H20N2/c1-2-8-24-20-31-29(19-23(24)7-1)34-33-22(17-18-36-34)15-16-28-26-12-4-3-11-25(26)27-13-5-9-21-10-6-14-30(32(21)27)37(31)35(28)33/h1-20H. The van der Waals surface area contributed by atoms with Crippen LogP contribution in [0.2, 0.25) is 0 Å². The van der Waals surface area contributed by atoms with Crippen molar-refractivity contribution in [2.75, 3.05) is 4.90 Å². The average molecular weight is 469 g/mol. The van der Waals surface area contributed by atoms with Gasteiger partial charge in [-0.05, 0) is 62.5 Å². The molecule has 9 rings (SSSR count). The van der Waals surface area contributed by atoms with Gasteiger partial charge in [-0.25, -0.2) is 0 Å². The number of aromatic nitrogens is 1. The molecule has 3 heterocycles. The molecule has 0 saturated heterocycles. The lowest BCUT2D eigenvalue weighted by atomic mass is 9.83. The second-order valence-electron chi connectivity index (χ2n) is 10.00. The first-order valence-corrected chi connectivity index (χ1v) is 12.7. The molecule has 0 N–H and O–H groups in total.